The van der Waals surface area contributed by atoms with E-state index in [1.165, 1.54) is 6.07 Å². The Morgan fingerprint density at radius 1 is 1.11 bits per heavy atom. The molecule has 6 nitrogen and oxygen atoms in total. The number of ether oxygens (including phenoxy) is 2. The molecular formula is C20H21FN2O4S. The summed E-state index contributed by atoms with van der Waals surface area (Å²) in [6, 6.07) is 13.6. The van der Waals surface area contributed by atoms with Gasteiger partial charge in [0, 0.05) is 29.4 Å². The van der Waals surface area contributed by atoms with Crippen LogP contribution in [0.5, 0.6) is 0 Å². The summed E-state index contributed by atoms with van der Waals surface area (Å²) >= 11 is 1.03. The summed E-state index contributed by atoms with van der Waals surface area (Å²) in [5, 5.41) is 2.68. The van der Waals surface area contributed by atoms with E-state index in [2.05, 4.69) is 10.2 Å². The number of hydrogen-bond donors (Lipinski definition) is 1. The molecule has 1 amide bonds. The summed E-state index contributed by atoms with van der Waals surface area (Å²) in [5.41, 5.74) is 1.69. The van der Waals surface area contributed by atoms with Gasteiger partial charge in [-0.2, -0.15) is 0 Å². The zero-order valence-corrected chi connectivity index (χ0v) is 16.0. The van der Waals surface area contributed by atoms with Crippen molar-refractivity contribution in [3.63, 3.8) is 0 Å². The molecule has 148 valence electrons. The molecule has 1 N–H and O–H groups in total. The van der Waals surface area contributed by atoms with Crippen molar-refractivity contribution < 1.29 is 23.5 Å². The predicted molar refractivity (Wildman–Crippen MR) is 106 cm³/mol. The van der Waals surface area contributed by atoms with Gasteiger partial charge < -0.3 is 19.7 Å². The number of anilines is 2. The molecule has 1 aliphatic rings. The number of rotatable bonds is 7. The number of nitrogens with zero attached hydrogens (tertiary/aromatic N) is 1. The number of hydrogen-bond acceptors (Lipinski definition) is 6. The fourth-order valence-electron chi connectivity index (χ4n) is 2.66. The van der Waals surface area contributed by atoms with Crippen LogP contribution in [-0.4, -0.2) is 50.5 Å². The largest absolute Gasteiger partial charge is 0.455 e. The van der Waals surface area contributed by atoms with Gasteiger partial charge in [0.2, 0.25) is 0 Å². The van der Waals surface area contributed by atoms with Gasteiger partial charge in [0.15, 0.2) is 6.61 Å². The number of halogens is 1. The first-order valence-corrected chi connectivity index (χ1v) is 9.86. The Balaban J connectivity index is 1.40. The van der Waals surface area contributed by atoms with Crippen LogP contribution in [0.3, 0.4) is 0 Å². The van der Waals surface area contributed by atoms with Crippen LogP contribution in [0.15, 0.2) is 53.4 Å². The highest BCUT2D eigenvalue weighted by molar-refractivity contribution is 8.00. The third-order valence-corrected chi connectivity index (χ3v) is 5.10. The summed E-state index contributed by atoms with van der Waals surface area (Å²) in [4.78, 5) is 26.3. The molecule has 1 saturated heterocycles. The second kappa shape index (κ2) is 10.1. The molecule has 8 heteroatoms. The molecule has 0 unspecified atom stereocenters. The van der Waals surface area contributed by atoms with Gasteiger partial charge >= 0.3 is 5.97 Å². The van der Waals surface area contributed by atoms with Gasteiger partial charge in [0.25, 0.3) is 5.91 Å². The van der Waals surface area contributed by atoms with Crippen LogP contribution < -0.4 is 10.2 Å². The molecule has 0 spiro atoms. The molecular weight excluding hydrogens is 383 g/mol. The molecule has 2 aromatic carbocycles. The Labute approximate surface area is 167 Å². The molecule has 0 saturated carbocycles. The molecule has 0 atom stereocenters. The van der Waals surface area contributed by atoms with E-state index in [4.69, 9.17) is 9.47 Å². The number of carbonyl (C=O) groups excluding carboxylic acids is 2. The van der Waals surface area contributed by atoms with E-state index in [9.17, 15) is 14.0 Å². The van der Waals surface area contributed by atoms with Crippen LogP contribution in [-0.2, 0) is 19.1 Å². The van der Waals surface area contributed by atoms with E-state index in [1.54, 1.807) is 30.3 Å². The number of carbonyl (C=O) groups is 2. The predicted octanol–water partition coefficient (Wildman–Crippen LogP) is 2.94. The molecule has 0 bridgehead atoms. The number of nitrogens with one attached hydrogen (secondary N) is 1. The number of amides is 1. The maximum Gasteiger partial charge on any atom is 0.316 e. The normalized spacial score (nSPS) is 13.8. The lowest BCUT2D eigenvalue weighted by molar-refractivity contribution is -0.144. The number of morpholine rings is 1. The molecule has 0 aliphatic carbocycles. The first kappa shape index (κ1) is 20.2. The Bertz CT molecular complexity index is 810. The molecule has 0 radical (unpaired) electrons. The van der Waals surface area contributed by atoms with Crippen molar-refractivity contribution in [1.82, 2.24) is 0 Å². The van der Waals surface area contributed by atoms with Crippen LogP contribution in [0.1, 0.15) is 0 Å². The highest BCUT2D eigenvalue weighted by Gasteiger charge is 2.12. The number of esters is 1. The van der Waals surface area contributed by atoms with E-state index in [1.807, 2.05) is 12.1 Å². The van der Waals surface area contributed by atoms with Crippen LogP contribution >= 0.6 is 11.8 Å². The quantitative estimate of drug-likeness (QED) is 0.565. The van der Waals surface area contributed by atoms with Crippen molar-refractivity contribution in [3.8, 4) is 0 Å². The summed E-state index contributed by atoms with van der Waals surface area (Å²) in [7, 11) is 0. The van der Waals surface area contributed by atoms with Gasteiger partial charge in [-0.1, -0.05) is 12.1 Å². The third kappa shape index (κ3) is 5.97. The SMILES string of the molecule is O=C(COC(=O)CSc1ccccc1F)Nc1ccc(N2CCOCC2)cc1. The van der Waals surface area contributed by atoms with Gasteiger partial charge in [-0.05, 0) is 36.4 Å². The molecule has 1 aliphatic heterocycles. The third-order valence-electron chi connectivity index (χ3n) is 4.07. The van der Waals surface area contributed by atoms with Gasteiger partial charge in [0.05, 0.1) is 19.0 Å². The molecule has 3 rings (SSSR count). The van der Waals surface area contributed by atoms with Crippen LogP contribution in [0, 0.1) is 5.82 Å². The average Bonchev–Trinajstić information content (AvgIpc) is 2.73. The average molecular weight is 404 g/mol. The molecule has 0 aromatic heterocycles. The maximum atomic E-state index is 13.5. The summed E-state index contributed by atoms with van der Waals surface area (Å²) in [6.07, 6.45) is 0. The number of thioether (sulfide) groups is 1. The first-order chi connectivity index (χ1) is 13.6. The minimum absolute atomic E-state index is 0.0670. The standard InChI is InChI=1S/C20H21FN2O4S/c21-17-3-1-2-4-18(17)28-14-20(25)27-13-19(24)22-15-5-7-16(8-6-15)23-9-11-26-12-10-23/h1-8H,9-14H2,(H,22,24). The molecule has 28 heavy (non-hydrogen) atoms. The topological polar surface area (TPSA) is 67.9 Å². The van der Waals surface area contributed by atoms with E-state index in [0.717, 1.165) is 30.5 Å². The summed E-state index contributed by atoms with van der Waals surface area (Å²) in [5.74, 6) is -1.46. The van der Waals surface area contributed by atoms with Crippen molar-refractivity contribution in [2.24, 2.45) is 0 Å². The smallest absolute Gasteiger partial charge is 0.316 e. The zero-order chi connectivity index (χ0) is 19.8. The lowest BCUT2D eigenvalue weighted by Gasteiger charge is -2.28. The van der Waals surface area contributed by atoms with E-state index in [0.29, 0.717) is 23.8 Å². The Morgan fingerprint density at radius 3 is 2.54 bits per heavy atom. The van der Waals surface area contributed by atoms with Crippen molar-refractivity contribution in [1.29, 1.82) is 0 Å². The van der Waals surface area contributed by atoms with Crippen molar-refractivity contribution in [2.75, 3.05) is 48.9 Å². The second-order valence-electron chi connectivity index (χ2n) is 6.07. The fraction of sp³-hybridized carbons (Fsp3) is 0.300. The van der Waals surface area contributed by atoms with Crippen LogP contribution in [0.25, 0.3) is 0 Å². The lowest BCUT2D eigenvalue weighted by Crippen LogP contribution is -2.36. The van der Waals surface area contributed by atoms with E-state index < -0.39 is 17.7 Å². The zero-order valence-electron chi connectivity index (χ0n) is 15.2. The molecule has 1 heterocycles. The monoisotopic (exact) mass is 404 g/mol. The van der Waals surface area contributed by atoms with Crippen LogP contribution in [0.2, 0.25) is 0 Å². The fourth-order valence-corrected chi connectivity index (χ4v) is 3.40. The lowest BCUT2D eigenvalue weighted by atomic mass is 10.2. The van der Waals surface area contributed by atoms with Gasteiger partial charge in [-0.15, -0.1) is 11.8 Å². The summed E-state index contributed by atoms with van der Waals surface area (Å²) < 4.78 is 23.8. The Morgan fingerprint density at radius 2 is 1.82 bits per heavy atom. The Hall–Kier alpha value is -2.58. The molecule has 1 fully saturated rings. The Kier molecular flexibility index (Phi) is 7.27. The van der Waals surface area contributed by atoms with E-state index in [-0.39, 0.29) is 12.4 Å². The first-order valence-electron chi connectivity index (χ1n) is 8.87. The minimum atomic E-state index is -0.578. The van der Waals surface area contributed by atoms with Crippen molar-refractivity contribution >= 4 is 35.0 Å². The summed E-state index contributed by atoms with van der Waals surface area (Å²) in [6.45, 7) is 2.71. The second-order valence-corrected chi connectivity index (χ2v) is 7.09. The van der Waals surface area contributed by atoms with Crippen LogP contribution in [0.4, 0.5) is 15.8 Å². The van der Waals surface area contributed by atoms with E-state index >= 15 is 0 Å². The van der Waals surface area contributed by atoms with Crippen molar-refractivity contribution in [3.05, 3.63) is 54.3 Å². The highest BCUT2D eigenvalue weighted by atomic mass is 32.2. The maximum absolute atomic E-state index is 13.5. The molecule has 2 aromatic rings. The van der Waals surface area contributed by atoms with Gasteiger partial charge in [0.1, 0.15) is 5.82 Å². The number of benzene rings is 2. The minimum Gasteiger partial charge on any atom is -0.455 e. The van der Waals surface area contributed by atoms with Gasteiger partial charge in [-0.25, -0.2) is 4.39 Å². The van der Waals surface area contributed by atoms with Crippen molar-refractivity contribution in [2.45, 2.75) is 4.90 Å². The highest BCUT2D eigenvalue weighted by Crippen LogP contribution is 2.21. The van der Waals surface area contributed by atoms with Gasteiger partial charge in [-0.3, -0.25) is 9.59 Å².